The molecule has 2 aliphatic carbocycles. The van der Waals surface area contributed by atoms with E-state index in [2.05, 4.69) is 4.74 Å². The molecule has 2 aliphatic rings. The summed E-state index contributed by atoms with van der Waals surface area (Å²) < 4.78 is 33.1. The quantitative estimate of drug-likeness (QED) is 0.590. The summed E-state index contributed by atoms with van der Waals surface area (Å²) in [5.41, 5.74) is -0.543. The minimum Gasteiger partial charge on any atom is -0.468 e. The van der Waals surface area contributed by atoms with Crippen molar-refractivity contribution >= 4 is 17.6 Å². The second-order valence-corrected chi connectivity index (χ2v) is 5.51. The second-order valence-electron chi connectivity index (χ2n) is 5.51. The van der Waals surface area contributed by atoms with Gasteiger partial charge in [0.1, 0.15) is 17.5 Å². The predicted molar refractivity (Wildman–Crippen MR) is 71.6 cm³/mol. The minimum absolute atomic E-state index is 0.167. The summed E-state index contributed by atoms with van der Waals surface area (Å²) >= 11 is 0. The van der Waals surface area contributed by atoms with E-state index in [1.54, 1.807) is 18.2 Å². The van der Waals surface area contributed by atoms with Crippen LogP contribution in [0.25, 0.3) is 5.83 Å². The molecule has 2 atom stereocenters. The van der Waals surface area contributed by atoms with Crippen molar-refractivity contribution in [3.8, 4) is 0 Å². The maximum absolute atomic E-state index is 14.5. The summed E-state index contributed by atoms with van der Waals surface area (Å²) in [6.45, 7) is 0. The first-order valence-electron chi connectivity index (χ1n) is 6.77. The summed E-state index contributed by atoms with van der Waals surface area (Å²) in [5.74, 6) is -3.65. The maximum Gasteiger partial charge on any atom is 0.316 e. The van der Waals surface area contributed by atoms with Crippen LogP contribution in [0.1, 0.15) is 30.4 Å². The number of hydrogen-bond donors (Lipinski definition) is 0. The maximum atomic E-state index is 14.5. The fourth-order valence-electron chi connectivity index (χ4n) is 3.41. The zero-order chi connectivity index (χ0) is 15.2. The van der Waals surface area contributed by atoms with Crippen LogP contribution < -0.4 is 0 Å². The largest absolute Gasteiger partial charge is 0.468 e. The molecule has 3 nitrogen and oxygen atoms in total. The molecular formula is C16H14F2O3. The van der Waals surface area contributed by atoms with Gasteiger partial charge in [-0.1, -0.05) is 24.3 Å². The summed E-state index contributed by atoms with van der Waals surface area (Å²) in [7, 11) is 1.21. The van der Waals surface area contributed by atoms with Crippen molar-refractivity contribution in [1.82, 2.24) is 0 Å². The fourth-order valence-corrected chi connectivity index (χ4v) is 3.41. The monoisotopic (exact) mass is 292 g/mol. The first-order chi connectivity index (χ1) is 10.0. The molecule has 0 N–H and O–H groups in total. The number of allylic oxidation sites excluding steroid dienone is 1. The molecule has 1 fully saturated rings. The number of halogens is 2. The lowest BCUT2D eigenvalue weighted by Gasteiger charge is -2.35. The number of rotatable bonds is 1. The van der Waals surface area contributed by atoms with Gasteiger partial charge >= 0.3 is 5.97 Å². The summed E-state index contributed by atoms with van der Waals surface area (Å²) in [4.78, 5) is 23.8. The summed E-state index contributed by atoms with van der Waals surface area (Å²) in [6.07, 6.45) is 0.179. The van der Waals surface area contributed by atoms with Gasteiger partial charge in [0.05, 0.1) is 12.5 Å². The van der Waals surface area contributed by atoms with Crippen LogP contribution in [0.15, 0.2) is 30.1 Å². The van der Waals surface area contributed by atoms with Crippen LogP contribution in [-0.2, 0) is 19.7 Å². The molecule has 110 valence electrons. The zero-order valence-corrected chi connectivity index (χ0v) is 11.5. The average Bonchev–Trinajstić information content (AvgIpc) is 2.70. The highest BCUT2D eigenvalue weighted by atomic mass is 19.2. The number of benzene rings is 1. The molecule has 1 spiro atoms. The third kappa shape index (κ3) is 1.83. The summed E-state index contributed by atoms with van der Waals surface area (Å²) in [5, 5.41) is 0. The Bertz CT molecular complexity index is 665. The Morgan fingerprint density at radius 2 is 2.05 bits per heavy atom. The molecule has 0 aliphatic heterocycles. The van der Waals surface area contributed by atoms with Crippen LogP contribution in [0.5, 0.6) is 0 Å². The first kappa shape index (κ1) is 13.9. The number of methoxy groups -OCH3 is 1. The van der Waals surface area contributed by atoms with Gasteiger partial charge in [0, 0.05) is 12.0 Å². The van der Waals surface area contributed by atoms with E-state index in [1.807, 2.05) is 0 Å². The Hall–Kier alpha value is -2.04. The standard InChI is InChI=1S/C16H14F2O3/c1-21-15(20)10-6-7-16(8-12(10)19)11-5-3-2-4-9(11)13(17)14(16)18/h2-5,10H,6-8H2,1H3/t10?,16-/m1/s1. The highest BCUT2D eigenvalue weighted by Crippen LogP contribution is 2.54. The number of esters is 1. The van der Waals surface area contributed by atoms with Gasteiger partial charge in [-0.15, -0.1) is 0 Å². The lowest BCUT2D eigenvalue weighted by Crippen LogP contribution is -2.40. The van der Waals surface area contributed by atoms with E-state index in [0.717, 1.165) is 0 Å². The van der Waals surface area contributed by atoms with E-state index in [0.29, 0.717) is 5.56 Å². The normalized spacial score (nSPS) is 28.0. The van der Waals surface area contributed by atoms with Gasteiger partial charge in [0.25, 0.3) is 0 Å². The number of carbonyl (C=O) groups is 2. The molecule has 3 rings (SSSR count). The Morgan fingerprint density at radius 3 is 2.71 bits per heavy atom. The Balaban J connectivity index is 2.01. The minimum atomic E-state index is -1.25. The lowest BCUT2D eigenvalue weighted by atomic mass is 9.67. The lowest BCUT2D eigenvalue weighted by molar-refractivity contribution is -0.151. The first-order valence-corrected chi connectivity index (χ1v) is 6.77. The van der Waals surface area contributed by atoms with E-state index >= 15 is 0 Å². The van der Waals surface area contributed by atoms with Crippen LogP contribution in [0.4, 0.5) is 8.78 Å². The Kier molecular flexibility index (Phi) is 3.15. The molecule has 1 aromatic rings. The third-order valence-electron chi connectivity index (χ3n) is 4.50. The second kappa shape index (κ2) is 4.76. The fraction of sp³-hybridized carbons (Fsp3) is 0.375. The van der Waals surface area contributed by atoms with Gasteiger partial charge in [-0.2, -0.15) is 0 Å². The van der Waals surface area contributed by atoms with Gasteiger partial charge in [-0.3, -0.25) is 9.59 Å². The van der Waals surface area contributed by atoms with Gasteiger partial charge < -0.3 is 4.74 Å². The molecule has 5 heteroatoms. The van der Waals surface area contributed by atoms with Crippen LogP contribution >= 0.6 is 0 Å². The van der Waals surface area contributed by atoms with Crippen molar-refractivity contribution in [1.29, 1.82) is 0 Å². The zero-order valence-electron chi connectivity index (χ0n) is 11.5. The molecule has 0 aromatic heterocycles. The number of carbonyl (C=O) groups excluding carboxylic acids is 2. The van der Waals surface area contributed by atoms with Crippen molar-refractivity contribution in [2.75, 3.05) is 7.11 Å². The van der Waals surface area contributed by atoms with Gasteiger partial charge in [0.2, 0.25) is 0 Å². The van der Waals surface area contributed by atoms with Gasteiger partial charge in [-0.05, 0) is 18.4 Å². The Morgan fingerprint density at radius 1 is 1.33 bits per heavy atom. The van der Waals surface area contributed by atoms with E-state index in [-0.39, 0.29) is 24.8 Å². The highest BCUT2D eigenvalue weighted by Gasteiger charge is 2.52. The molecule has 0 saturated heterocycles. The SMILES string of the molecule is COC(=O)C1CC[C@]2(CC1=O)C(F)=C(F)c1ccccc12. The highest BCUT2D eigenvalue weighted by molar-refractivity contribution is 6.01. The predicted octanol–water partition coefficient (Wildman–Crippen LogP) is 3.09. The third-order valence-corrected chi connectivity index (χ3v) is 4.50. The van der Waals surface area contributed by atoms with Crippen molar-refractivity contribution in [3.05, 3.63) is 41.2 Å². The molecule has 0 amide bonds. The number of fused-ring (bicyclic) bond motifs is 2. The van der Waals surface area contributed by atoms with Crippen LogP contribution in [0, 0.1) is 5.92 Å². The number of Topliss-reactive ketones (excluding diaryl/α,β-unsaturated/α-hetero) is 1. The molecule has 21 heavy (non-hydrogen) atoms. The molecule has 1 unspecified atom stereocenters. The van der Waals surface area contributed by atoms with Crippen molar-refractivity contribution in [2.45, 2.75) is 24.7 Å². The topological polar surface area (TPSA) is 43.4 Å². The van der Waals surface area contributed by atoms with Crippen molar-refractivity contribution in [3.63, 3.8) is 0 Å². The van der Waals surface area contributed by atoms with Crippen LogP contribution in [-0.4, -0.2) is 18.9 Å². The number of hydrogen-bond acceptors (Lipinski definition) is 3. The molecule has 1 saturated carbocycles. The van der Waals surface area contributed by atoms with E-state index in [9.17, 15) is 18.4 Å². The number of ketones is 1. The van der Waals surface area contributed by atoms with E-state index < -0.39 is 34.7 Å². The van der Waals surface area contributed by atoms with Gasteiger partial charge in [-0.25, -0.2) is 8.78 Å². The smallest absolute Gasteiger partial charge is 0.316 e. The van der Waals surface area contributed by atoms with E-state index in [1.165, 1.54) is 13.2 Å². The molecule has 1 aromatic carbocycles. The van der Waals surface area contributed by atoms with Crippen LogP contribution in [0.2, 0.25) is 0 Å². The molecule has 0 heterocycles. The molecule has 0 radical (unpaired) electrons. The van der Waals surface area contributed by atoms with Crippen molar-refractivity contribution < 1.29 is 23.1 Å². The van der Waals surface area contributed by atoms with E-state index in [4.69, 9.17) is 0 Å². The average molecular weight is 292 g/mol. The summed E-state index contributed by atoms with van der Waals surface area (Å²) in [6, 6.07) is 6.49. The molecule has 0 bridgehead atoms. The molecular weight excluding hydrogens is 278 g/mol. The van der Waals surface area contributed by atoms with Crippen LogP contribution in [0.3, 0.4) is 0 Å². The number of ether oxygens (including phenoxy) is 1. The van der Waals surface area contributed by atoms with Crippen molar-refractivity contribution in [2.24, 2.45) is 5.92 Å². The Labute approximate surface area is 120 Å². The van der Waals surface area contributed by atoms with Gasteiger partial charge in [0.15, 0.2) is 5.83 Å².